The molecular weight excluding hydrogens is 380 g/mol. The molecule has 0 aliphatic rings. The molecule has 3 rings (SSSR count). The van der Waals surface area contributed by atoms with Gasteiger partial charge in [0.2, 0.25) is 0 Å². The van der Waals surface area contributed by atoms with Crippen LogP contribution in [0.15, 0.2) is 52.1 Å². The molecule has 0 atom stereocenters. The van der Waals surface area contributed by atoms with Gasteiger partial charge in [0.15, 0.2) is 0 Å². The molecule has 0 unspecified atom stereocenters. The van der Waals surface area contributed by atoms with Gasteiger partial charge in [-0.25, -0.2) is 4.98 Å². The first-order valence-corrected chi connectivity index (χ1v) is 11.4. The Morgan fingerprint density at radius 2 is 2.04 bits per heavy atom. The molecule has 0 saturated heterocycles. The van der Waals surface area contributed by atoms with Crippen LogP contribution in [-0.4, -0.2) is 17.4 Å². The van der Waals surface area contributed by atoms with Gasteiger partial charge in [-0.3, -0.25) is 4.79 Å². The van der Waals surface area contributed by atoms with Crippen LogP contribution in [0.3, 0.4) is 0 Å². The quantitative estimate of drug-likeness (QED) is 0.376. The van der Waals surface area contributed by atoms with E-state index < -0.39 is 0 Å². The molecule has 136 valence electrons. The lowest BCUT2D eigenvalue weighted by Gasteiger charge is -2.09. The molecule has 0 fully saturated rings. The Hall–Kier alpha value is -1.63. The first kappa shape index (κ1) is 19.1. The molecule has 1 N–H and O–H groups in total. The second kappa shape index (κ2) is 9.90. The summed E-state index contributed by atoms with van der Waals surface area (Å²) in [7, 11) is 0. The Kier molecular flexibility index (Phi) is 7.29. The van der Waals surface area contributed by atoms with E-state index in [1.165, 1.54) is 9.88 Å². The van der Waals surface area contributed by atoms with Crippen molar-refractivity contribution < 1.29 is 4.79 Å². The SMILES string of the molecule is Cc1csc(CCCCNC(=O)c2ccccc2SCc2cccs2)n1. The minimum Gasteiger partial charge on any atom is -0.352 e. The lowest BCUT2D eigenvalue weighted by molar-refractivity contribution is 0.0950. The summed E-state index contributed by atoms with van der Waals surface area (Å²) in [4.78, 5) is 19.4. The second-order valence-corrected chi connectivity index (χ2v) is 8.95. The van der Waals surface area contributed by atoms with Gasteiger partial charge in [0.1, 0.15) is 0 Å². The standard InChI is InChI=1S/C20H22N2OS3/c1-15-13-26-19(22-15)10-4-5-11-21-20(23)17-8-2-3-9-18(17)25-14-16-7-6-12-24-16/h2-3,6-9,12-13H,4-5,10-11,14H2,1H3,(H,21,23). The van der Waals surface area contributed by atoms with Crippen molar-refractivity contribution in [2.24, 2.45) is 0 Å². The number of aromatic nitrogens is 1. The molecule has 0 aliphatic heterocycles. The van der Waals surface area contributed by atoms with Gasteiger partial charge >= 0.3 is 0 Å². The maximum atomic E-state index is 12.5. The van der Waals surface area contributed by atoms with Gasteiger partial charge in [-0.05, 0) is 49.8 Å². The number of carbonyl (C=O) groups is 1. The van der Waals surface area contributed by atoms with Crippen molar-refractivity contribution in [3.8, 4) is 0 Å². The molecule has 0 aliphatic carbocycles. The normalized spacial score (nSPS) is 10.8. The van der Waals surface area contributed by atoms with E-state index in [4.69, 9.17) is 0 Å². The van der Waals surface area contributed by atoms with Crippen LogP contribution in [-0.2, 0) is 12.2 Å². The molecule has 0 saturated carbocycles. The van der Waals surface area contributed by atoms with Gasteiger partial charge in [0.25, 0.3) is 5.91 Å². The Morgan fingerprint density at radius 1 is 1.15 bits per heavy atom. The van der Waals surface area contributed by atoms with Gasteiger partial charge in [-0.15, -0.1) is 34.4 Å². The van der Waals surface area contributed by atoms with Crippen molar-refractivity contribution in [3.63, 3.8) is 0 Å². The number of aryl methyl sites for hydroxylation is 2. The molecule has 2 aromatic heterocycles. The topological polar surface area (TPSA) is 42.0 Å². The van der Waals surface area contributed by atoms with Crippen LogP contribution in [0.5, 0.6) is 0 Å². The largest absolute Gasteiger partial charge is 0.352 e. The third-order valence-electron chi connectivity index (χ3n) is 3.85. The van der Waals surface area contributed by atoms with Gasteiger partial charge in [-0.1, -0.05) is 18.2 Å². The highest BCUT2D eigenvalue weighted by Gasteiger charge is 2.11. The zero-order valence-electron chi connectivity index (χ0n) is 14.7. The van der Waals surface area contributed by atoms with Crippen LogP contribution in [0.1, 0.15) is 38.8 Å². The average molecular weight is 403 g/mol. The number of thiazole rings is 1. The molecule has 1 amide bonds. The zero-order chi connectivity index (χ0) is 18.2. The fourth-order valence-electron chi connectivity index (χ4n) is 2.54. The predicted molar refractivity (Wildman–Crippen MR) is 112 cm³/mol. The number of hydrogen-bond donors (Lipinski definition) is 1. The first-order valence-electron chi connectivity index (χ1n) is 8.66. The third kappa shape index (κ3) is 5.69. The smallest absolute Gasteiger partial charge is 0.252 e. The number of hydrogen-bond acceptors (Lipinski definition) is 5. The number of rotatable bonds is 9. The molecule has 3 aromatic rings. The number of amides is 1. The van der Waals surface area contributed by atoms with E-state index in [1.54, 1.807) is 34.4 Å². The molecule has 2 heterocycles. The lowest BCUT2D eigenvalue weighted by Crippen LogP contribution is -2.25. The van der Waals surface area contributed by atoms with Crippen molar-refractivity contribution in [3.05, 3.63) is 68.3 Å². The van der Waals surface area contributed by atoms with Crippen LogP contribution >= 0.6 is 34.4 Å². The molecule has 0 spiro atoms. The minimum atomic E-state index is 0.0179. The Labute approximate surface area is 166 Å². The van der Waals surface area contributed by atoms with E-state index >= 15 is 0 Å². The average Bonchev–Trinajstić information content (AvgIpc) is 3.31. The summed E-state index contributed by atoms with van der Waals surface area (Å²) in [5, 5.41) is 8.41. The van der Waals surface area contributed by atoms with E-state index in [0.29, 0.717) is 6.54 Å². The summed E-state index contributed by atoms with van der Waals surface area (Å²) in [6, 6.07) is 12.0. The van der Waals surface area contributed by atoms with Crippen molar-refractivity contribution in [2.45, 2.75) is 36.8 Å². The summed E-state index contributed by atoms with van der Waals surface area (Å²) in [5.41, 5.74) is 1.86. The van der Waals surface area contributed by atoms with Gasteiger partial charge in [0.05, 0.1) is 10.6 Å². The summed E-state index contributed by atoms with van der Waals surface area (Å²) < 4.78 is 0. The number of thioether (sulfide) groups is 1. The van der Waals surface area contributed by atoms with Gasteiger partial charge in [-0.2, -0.15) is 0 Å². The Balaban J connectivity index is 1.45. The van der Waals surface area contributed by atoms with Crippen molar-refractivity contribution in [1.82, 2.24) is 10.3 Å². The van der Waals surface area contributed by atoms with Crippen LogP contribution in [0.25, 0.3) is 0 Å². The number of nitrogens with zero attached hydrogens (tertiary/aromatic N) is 1. The highest BCUT2D eigenvalue weighted by atomic mass is 32.2. The zero-order valence-corrected chi connectivity index (χ0v) is 17.2. The maximum absolute atomic E-state index is 12.5. The molecule has 0 bridgehead atoms. The van der Waals surface area contributed by atoms with E-state index in [-0.39, 0.29) is 5.91 Å². The summed E-state index contributed by atoms with van der Waals surface area (Å²) in [5.74, 6) is 0.916. The number of nitrogens with one attached hydrogen (secondary N) is 1. The molecule has 26 heavy (non-hydrogen) atoms. The van der Waals surface area contributed by atoms with E-state index in [9.17, 15) is 4.79 Å². The fraction of sp³-hybridized carbons (Fsp3) is 0.300. The van der Waals surface area contributed by atoms with Gasteiger partial charge in [0, 0.05) is 33.1 Å². The predicted octanol–water partition coefficient (Wildman–Crippen LogP) is 5.56. The summed E-state index contributed by atoms with van der Waals surface area (Å²) >= 11 is 5.19. The van der Waals surface area contributed by atoms with Gasteiger partial charge < -0.3 is 5.32 Å². The van der Waals surface area contributed by atoms with E-state index in [0.717, 1.165) is 41.2 Å². The van der Waals surface area contributed by atoms with Crippen molar-refractivity contribution in [2.75, 3.05) is 6.54 Å². The molecule has 6 heteroatoms. The fourth-order valence-corrected chi connectivity index (χ4v) is 5.18. The number of carbonyl (C=O) groups excluding carboxylic acids is 1. The first-order chi connectivity index (χ1) is 12.7. The lowest BCUT2D eigenvalue weighted by atomic mass is 10.2. The monoisotopic (exact) mass is 402 g/mol. The Bertz CT molecular complexity index is 827. The minimum absolute atomic E-state index is 0.0179. The van der Waals surface area contributed by atoms with Crippen LogP contribution in [0.4, 0.5) is 0 Å². The van der Waals surface area contributed by atoms with Crippen molar-refractivity contribution >= 4 is 40.3 Å². The number of benzene rings is 1. The molecule has 0 radical (unpaired) electrons. The highest BCUT2D eigenvalue weighted by Crippen LogP contribution is 2.27. The second-order valence-electron chi connectivity index (χ2n) is 5.96. The van der Waals surface area contributed by atoms with Crippen LogP contribution in [0.2, 0.25) is 0 Å². The molecule has 3 nitrogen and oxygen atoms in total. The number of unbranched alkanes of at least 4 members (excludes halogenated alkanes) is 1. The molecule has 1 aromatic carbocycles. The van der Waals surface area contributed by atoms with Crippen LogP contribution < -0.4 is 5.32 Å². The Morgan fingerprint density at radius 3 is 2.81 bits per heavy atom. The highest BCUT2D eigenvalue weighted by molar-refractivity contribution is 7.98. The molecular formula is C20H22N2OS3. The van der Waals surface area contributed by atoms with E-state index in [2.05, 4.69) is 33.2 Å². The van der Waals surface area contributed by atoms with E-state index in [1.807, 2.05) is 31.2 Å². The summed E-state index contributed by atoms with van der Waals surface area (Å²) in [6.45, 7) is 2.72. The van der Waals surface area contributed by atoms with Crippen LogP contribution in [0, 0.1) is 6.92 Å². The van der Waals surface area contributed by atoms with Crippen molar-refractivity contribution in [1.29, 1.82) is 0 Å². The third-order valence-corrected chi connectivity index (χ3v) is 7.06. The maximum Gasteiger partial charge on any atom is 0.252 e. The number of thiophene rings is 1. The summed E-state index contributed by atoms with van der Waals surface area (Å²) in [6.07, 6.45) is 3.00.